The Balaban J connectivity index is 1.79. The van der Waals surface area contributed by atoms with Crippen molar-refractivity contribution in [3.05, 3.63) is 11.7 Å². The monoisotopic (exact) mass is 265 g/mol. The molecule has 0 aromatic carbocycles. The van der Waals surface area contributed by atoms with Crippen LogP contribution in [0.5, 0.6) is 0 Å². The van der Waals surface area contributed by atoms with Crippen LogP contribution in [0, 0.1) is 0 Å². The second-order valence-corrected chi connectivity index (χ2v) is 5.74. The van der Waals surface area contributed by atoms with Gasteiger partial charge in [-0.3, -0.25) is 0 Å². The molecule has 1 aliphatic heterocycles. The molecule has 1 aliphatic carbocycles. The third-order valence-corrected chi connectivity index (χ3v) is 4.60. The van der Waals surface area contributed by atoms with Gasteiger partial charge in [0.15, 0.2) is 5.82 Å². The Labute approximate surface area is 114 Å². The van der Waals surface area contributed by atoms with E-state index in [0.717, 1.165) is 31.8 Å². The highest BCUT2D eigenvalue weighted by Gasteiger charge is 2.40. The highest BCUT2D eigenvalue weighted by Crippen LogP contribution is 2.36. The normalized spacial score (nSPS) is 24.5. The highest BCUT2D eigenvalue weighted by atomic mass is 16.5. The number of nitrogens with zero attached hydrogens (tertiary/aromatic N) is 2. The molecule has 0 unspecified atom stereocenters. The summed E-state index contributed by atoms with van der Waals surface area (Å²) in [4.78, 5) is 4.67. The number of ether oxygens (including phenoxy) is 1. The van der Waals surface area contributed by atoms with Gasteiger partial charge in [0.2, 0.25) is 0 Å². The fraction of sp³-hybridized carbons (Fsp3) is 0.857. The Morgan fingerprint density at radius 2 is 1.95 bits per heavy atom. The van der Waals surface area contributed by atoms with Gasteiger partial charge < -0.3 is 14.6 Å². The molecule has 1 N–H and O–H groups in total. The first-order valence-corrected chi connectivity index (χ1v) is 7.44. The standard InChI is InChI=1S/C14H23N3O2/c1-18-14(7-9-15-10-8-14)13-16-12(17-19-13)11-5-3-2-4-6-11/h11,15H,2-10H2,1H3. The topological polar surface area (TPSA) is 60.2 Å². The van der Waals surface area contributed by atoms with E-state index in [4.69, 9.17) is 9.26 Å². The van der Waals surface area contributed by atoms with Crippen LogP contribution in [0.4, 0.5) is 0 Å². The molecule has 2 aliphatic rings. The predicted octanol–water partition coefficient (Wildman–Crippen LogP) is 2.34. The van der Waals surface area contributed by atoms with Crippen LogP contribution in [-0.4, -0.2) is 30.3 Å². The van der Waals surface area contributed by atoms with Crippen molar-refractivity contribution < 1.29 is 9.26 Å². The van der Waals surface area contributed by atoms with Gasteiger partial charge in [0.05, 0.1) is 0 Å². The molecule has 5 nitrogen and oxygen atoms in total. The summed E-state index contributed by atoms with van der Waals surface area (Å²) in [6.45, 7) is 1.88. The second kappa shape index (κ2) is 5.59. The van der Waals surface area contributed by atoms with Gasteiger partial charge in [-0.05, 0) is 38.8 Å². The molecule has 1 aromatic rings. The van der Waals surface area contributed by atoms with Crippen molar-refractivity contribution in [3.63, 3.8) is 0 Å². The Morgan fingerprint density at radius 1 is 1.21 bits per heavy atom. The summed E-state index contributed by atoms with van der Waals surface area (Å²) < 4.78 is 11.3. The minimum absolute atomic E-state index is 0.370. The maximum atomic E-state index is 5.73. The van der Waals surface area contributed by atoms with E-state index in [-0.39, 0.29) is 5.60 Å². The van der Waals surface area contributed by atoms with Gasteiger partial charge in [0.25, 0.3) is 5.89 Å². The number of hydrogen-bond acceptors (Lipinski definition) is 5. The van der Waals surface area contributed by atoms with Crippen molar-refractivity contribution in [2.24, 2.45) is 0 Å². The summed E-state index contributed by atoms with van der Waals surface area (Å²) in [6, 6.07) is 0. The van der Waals surface area contributed by atoms with Crippen LogP contribution < -0.4 is 5.32 Å². The minimum Gasteiger partial charge on any atom is -0.368 e. The lowest BCUT2D eigenvalue weighted by molar-refractivity contribution is -0.0622. The number of hydrogen-bond donors (Lipinski definition) is 1. The molecule has 0 amide bonds. The largest absolute Gasteiger partial charge is 0.368 e. The van der Waals surface area contributed by atoms with Crippen molar-refractivity contribution in [2.75, 3.05) is 20.2 Å². The third kappa shape index (κ3) is 2.54. The van der Waals surface area contributed by atoms with Crippen molar-refractivity contribution in [1.29, 1.82) is 0 Å². The smallest absolute Gasteiger partial charge is 0.258 e. The van der Waals surface area contributed by atoms with Gasteiger partial charge >= 0.3 is 0 Å². The van der Waals surface area contributed by atoms with Gasteiger partial charge in [-0.2, -0.15) is 4.98 Å². The average molecular weight is 265 g/mol. The quantitative estimate of drug-likeness (QED) is 0.909. The van der Waals surface area contributed by atoms with Crippen LogP contribution in [-0.2, 0) is 10.3 Å². The molecule has 106 valence electrons. The Bertz CT molecular complexity index is 407. The fourth-order valence-corrected chi connectivity index (χ4v) is 3.28. The Morgan fingerprint density at radius 3 is 2.63 bits per heavy atom. The van der Waals surface area contributed by atoms with Gasteiger partial charge in [-0.1, -0.05) is 24.4 Å². The summed E-state index contributed by atoms with van der Waals surface area (Å²) in [5.74, 6) is 2.06. The van der Waals surface area contributed by atoms with E-state index in [1.54, 1.807) is 7.11 Å². The molecule has 2 fully saturated rings. The molecule has 0 spiro atoms. The molecular formula is C14H23N3O2. The number of rotatable bonds is 3. The summed E-state index contributed by atoms with van der Waals surface area (Å²) in [5, 5.41) is 7.57. The molecule has 5 heteroatoms. The zero-order valence-corrected chi connectivity index (χ0v) is 11.7. The summed E-state index contributed by atoms with van der Waals surface area (Å²) in [7, 11) is 1.75. The van der Waals surface area contributed by atoms with Crippen LogP contribution in [0.2, 0.25) is 0 Å². The van der Waals surface area contributed by atoms with Crippen LogP contribution in [0.1, 0.15) is 62.6 Å². The first-order chi connectivity index (χ1) is 9.34. The van der Waals surface area contributed by atoms with Crippen molar-refractivity contribution >= 4 is 0 Å². The summed E-state index contributed by atoms with van der Waals surface area (Å²) in [6.07, 6.45) is 8.10. The van der Waals surface area contributed by atoms with Crippen LogP contribution in [0.25, 0.3) is 0 Å². The van der Waals surface area contributed by atoms with Crippen LogP contribution in [0.15, 0.2) is 4.52 Å². The van der Waals surface area contributed by atoms with Crippen molar-refractivity contribution in [3.8, 4) is 0 Å². The molecule has 0 atom stereocenters. The average Bonchev–Trinajstić information content (AvgIpc) is 2.99. The van der Waals surface area contributed by atoms with E-state index in [1.165, 1.54) is 32.1 Å². The van der Waals surface area contributed by atoms with Crippen molar-refractivity contribution in [1.82, 2.24) is 15.5 Å². The predicted molar refractivity (Wildman–Crippen MR) is 70.9 cm³/mol. The minimum atomic E-state index is -0.370. The van der Waals surface area contributed by atoms with E-state index < -0.39 is 0 Å². The van der Waals surface area contributed by atoms with Crippen molar-refractivity contribution in [2.45, 2.75) is 56.5 Å². The lowest BCUT2D eigenvalue weighted by atomic mass is 9.88. The molecule has 0 bridgehead atoms. The molecule has 19 heavy (non-hydrogen) atoms. The maximum absolute atomic E-state index is 5.73. The van der Waals surface area contributed by atoms with Gasteiger partial charge in [-0.25, -0.2) is 0 Å². The number of nitrogens with one attached hydrogen (secondary N) is 1. The first kappa shape index (κ1) is 13.1. The molecule has 1 aromatic heterocycles. The molecule has 1 saturated carbocycles. The van der Waals surface area contributed by atoms with Crippen LogP contribution >= 0.6 is 0 Å². The lowest BCUT2D eigenvalue weighted by Crippen LogP contribution is -2.41. The SMILES string of the molecule is COC1(c2nc(C3CCCCC3)no2)CCNCC1. The number of methoxy groups -OCH3 is 1. The van der Waals surface area contributed by atoms with E-state index in [0.29, 0.717) is 11.8 Å². The zero-order chi connectivity index (χ0) is 13.1. The van der Waals surface area contributed by atoms with E-state index in [1.807, 2.05) is 0 Å². The molecule has 1 saturated heterocycles. The second-order valence-electron chi connectivity index (χ2n) is 5.74. The molecule has 2 heterocycles. The molecule has 3 rings (SSSR count). The van der Waals surface area contributed by atoms with Crippen LogP contribution in [0.3, 0.4) is 0 Å². The zero-order valence-electron chi connectivity index (χ0n) is 11.7. The van der Waals surface area contributed by atoms with E-state index >= 15 is 0 Å². The van der Waals surface area contributed by atoms with Gasteiger partial charge in [0, 0.05) is 13.0 Å². The lowest BCUT2D eigenvalue weighted by Gasteiger charge is -2.32. The molecule has 0 radical (unpaired) electrons. The fourth-order valence-electron chi connectivity index (χ4n) is 3.28. The first-order valence-electron chi connectivity index (χ1n) is 7.44. The van der Waals surface area contributed by atoms with E-state index in [2.05, 4.69) is 15.5 Å². The third-order valence-electron chi connectivity index (χ3n) is 4.60. The Hall–Kier alpha value is -0.940. The summed E-state index contributed by atoms with van der Waals surface area (Å²) in [5.41, 5.74) is -0.370. The van der Waals surface area contributed by atoms with Gasteiger partial charge in [0.1, 0.15) is 5.60 Å². The maximum Gasteiger partial charge on any atom is 0.258 e. The highest BCUT2D eigenvalue weighted by molar-refractivity contribution is 5.05. The number of piperidine rings is 1. The van der Waals surface area contributed by atoms with Gasteiger partial charge in [-0.15, -0.1) is 0 Å². The summed E-state index contributed by atoms with van der Waals surface area (Å²) >= 11 is 0. The van der Waals surface area contributed by atoms with E-state index in [9.17, 15) is 0 Å². The Kier molecular flexibility index (Phi) is 3.84. The number of aromatic nitrogens is 2. The molecular weight excluding hydrogens is 242 g/mol.